The number of rotatable bonds is 5. The minimum Gasteiger partial charge on any atom is -0.481 e. The molecule has 4 heteroatoms. The minimum atomic E-state index is -0.533. The van der Waals surface area contributed by atoms with Gasteiger partial charge in [0, 0.05) is 11.4 Å². The lowest BCUT2D eigenvalue weighted by Crippen LogP contribution is -2.32. The molecule has 0 fully saturated rings. The van der Waals surface area contributed by atoms with Crippen LogP contribution in [0.5, 0.6) is 5.75 Å². The summed E-state index contributed by atoms with van der Waals surface area (Å²) in [6.07, 6.45) is 0.0521. The summed E-state index contributed by atoms with van der Waals surface area (Å²) in [7, 11) is 0. The van der Waals surface area contributed by atoms with Crippen LogP contribution >= 0.6 is 0 Å². The average molecular weight is 284 g/mol. The third-order valence-corrected chi connectivity index (χ3v) is 3.12. The number of amides is 1. The average Bonchev–Trinajstić information content (AvgIpc) is 2.46. The van der Waals surface area contributed by atoms with Gasteiger partial charge in [0.1, 0.15) is 5.75 Å². The summed E-state index contributed by atoms with van der Waals surface area (Å²) in [6, 6.07) is 14.7. The first-order valence-corrected chi connectivity index (χ1v) is 6.98. The van der Waals surface area contributed by atoms with E-state index in [1.54, 1.807) is 24.3 Å². The fraction of sp³-hybridized carbons (Fsp3) is 0.235. The van der Waals surface area contributed by atoms with E-state index in [-0.39, 0.29) is 5.91 Å². The Labute approximate surface area is 124 Å². The van der Waals surface area contributed by atoms with Crippen LogP contribution in [0.25, 0.3) is 0 Å². The van der Waals surface area contributed by atoms with Crippen LogP contribution < -0.4 is 15.8 Å². The number of anilines is 2. The normalized spacial score (nSPS) is 11.7. The summed E-state index contributed by atoms with van der Waals surface area (Å²) in [4.78, 5) is 12.2. The standard InChI is InChI=1S/C17H20N2O2/c1-3-16(21-15-9-7-12(2)8-10-15)17(20)19-14-6-4-5-13(18)11-14/h4-11,16H,3,18H2,1-2H3,(H,19,20)/t16-/m0/s1. The lowest BCUT2D eigenvalue weighted by atomic mass is 10.2. The number of carbonyl (C=O) groups is 1. The fourth-order valence-corrected chi connectivity index (χ4v) is 1.94. The van der Waals surface area contributed by atoms with Gasteiger partial charge in [0.15, 0.2) is 6.10 Å². The first-order valence-electron chi connectivity index (χ1n) is 6.98. The van der Waals surface area contributed by atoms with E-state index in [4.69, 9.17) is 10.5 Å². The van der Waals surface area contributed by atoms with Gasteiger partial charge in [0.25, 0.3) is 5.91 Å². The third kappa shape index (κ3) is 4.24. The van der Waals surface area contributed by atoms with Crippen LogP contribution in [0.4, 0.5) is 11.4 Å². The molecule has 4 nitrogen and oxygen atoms in total. The van der Waals surface area contributed by atoms with Crippen LogP contribution in [0.3, 0.4) is 0 Å². The van der Waals surface area contributed by atoms with E-state index in [1.165, 1.54) is 0 Å². The second kappa shape index (κ2) is 6.79. The molecule has 21 heavy (non-hydrogen) atoms. The van der Waals surface area contributed by atoms with Crippen molar-refractivity contribution in [3.63, 3.8) is 0 Å². The van der Waals surface area contributed by atoms with E-state index in [9.17, 15) is 4.79 Å². The van der Waals surface area contributed by atoms with E-state index in [1.807, 2.05) is 38.1 Å². The van der Waals surface area contributed by atoms with E-state index in [0.29, 0.717) is 23.5 Å². The number of benzene rings is 2. The Balaban J connectivity index is 2.03. The zero-order valence-electron chi connectivity index (χ0n) is 12.3. The van der Waals surface area contributed by atoms with Crippen LogP contribution in [0.1, 0.15) is 18.9 Å². The van der Waals surface area contributed by atoms with Crippen LogP contribution in [0.15, 0.2) is 48.5 Å². The number of nitrogen functional groups attached to an aromatic ring is 1. The highest BCUT2D eigenvalue weighted by Crippen LogP contribution is 2.17. The van der Waals surface area contributed by atoms with Gasteiger partial charge in [-0.1, -0.05) is 30.7 Å². The molecule has 2 aromatic carbocycles. The highest BCUT2D eigenvalue weighted by atomic mass is 16.5. The van der Waals surface area contributed by atoms with Crippen molar-refractivity contribution in [1.82, 2.24) is 0 Å². The van der Waals surface area contributed by atoms with Crippen LogP contribution in [-0.4, -0.2) is 12.0 Å². The quantitative estimate of drug-likeness (QED) is 0.827. The van der Waals surface area contributed by atoms with Gasteiger partial charge >= 0.3 is 0 Å². The molecule has 1 amide bonds. The number of aryl methyl sites for hydroxylation is 1. The van der Waals surface area contributed by atoms with Crippen molar-refractivity contribution in [2.45, 2.75) is 26.4 Å². The molecule has 0 unspecified atom stereocenters. The molecule has 0 aliphatic heterocycles. The molecule has 2 rings (SSSR count). The predicted molar refractivity (Wildman–Crippen MR) is 85.4 cm³/mol. The molecule has 0 aromatic heterocycles. The van der Waals surface area contributed by atoms with Gasteiger partial charge in [-0.25, -0.2) is 0 Å². The largest absolute Gasteiger partial charge is 0.481 e. The Kier molecular flexibility index (Phi) is 4.82. The van der Waals surface area contributed by atoms with Gasteiger partial charge in [-0.2, -0.15) is 0 Å². The molecule has 0 saturated heterocycles. The highest BCUT2D eigenvalue weighted by Gasteiger charge is 2.18. The minimum absolute atomic E-state index is 0.177. The van der Waals surface area contributed by atoms with Crippen molar-refractivity contribution in [2.24, 2.45) is 0 Å². The van der Waals surface area contributed by atoms with E-state index in [0.717, 1.165) is 5.56 Å². The Morgan fingerprint density at radius 3 is 2.57 bits per heavy atom. The summed E-state index contributed by atoms with van der Waals surface area (Å²) in [5.41, 5.74) is 8.13. The van der Waals surface area contributed by atoms with E-state index in [2.05, 4.69) is 5.32 Å². The van der Waals surface area contributed by atoms with Crippen LogP contribution in [-0.2, 0) is 4.79 Å². The Morgan fingerprint density at radius 2 is 1.95 bits per heavy atom. The Morgan fingerprint density at radius 1 is 1.24 bits per heavy atom. The number of ether oxygens (including phenoxy) is 1. The molecule has 0 spiro atoms. The molecule has 110 valence electrons. The smallest absolute Gasteiger partial charge is 0.265 e. The van der Waals surface area contributed by atoms with Crippen LogP contribution in [0.2, 0.25) is 0 Å². The molecule has 0 aliphatic rings. The van der Waals surface area contributed by atoms with Crippen molar-refractivity contribution in [1.29, 1.82) is 0 Å². The molecule has 3 N–H and O–H groups in total. The van der Waals surface area contributed by atoms with Gasteiger partial charge in [-0.15, -0.1) is 0 Å². The highest BCUT2D eigenvalue weighted by molar-refractivity contribution is 5.94. The number of hydrogen-bond donors (Lipinski definition) is 2. The predicted octanol–water partition coefficient (Wildman–Crippen LogP) is 3.37. The number of hydrogen-bond acceptors (Lipinski definition) is 3. The van der Waals surface area contributed by atoms with Gasteiger partial charge in [0.2, 0.25) is 0 Å². The third-order valence-electron chi connectivity index (χ3n) is 3.12. The number of nitrogens with one attached hydrogen (secondary N) is 1. The number of nitrogens with two attached hydrogens (primary N) is 1. The first-order chi connectivity index (χ1) is 10.1. The van der Waals surface area contributed by atoms with Gasteiger partial charge in [0.05, 0.1) is 0 Å². The molecule has 0 aliphatic carbocycles. The Hall–Kier alpha value is -2.49. The molecular formula is C17H20N2O2. The van der Waals surface area contributed by atoms with Crippen molar-refractivity contribution in [2.75, 3.05) is 11.1 Å². The van der Waals surface area contributed by atoms with Crippen LogP contribution in [0, 0.1) is 6.92 Å². The van der Waals surface area contributed by atoms with Gasteiger partial charge in [-0.05, 0) is 43.7 Å². The summed E-state index contributed by atoms with van der Waals surface area (Å²) in [6.45, 7) is 3.92. The van der Waals surface area contributed by atoms with Crippen molar-refractivity contribution in [3.05, 3.63) is 54.1 Å². The topological polar surface area (TPSA) is 64.3 Å². The maximum absolute atomic E-state index is 12.2. The van der Waals surface area contributed by atoms with Crippen molar-refractivity contribution in [3.8, 4) is 5.75 Å². The molecule has 0 heterocycles. The van der Waals surface area contributed by atoms with E-state index >= 15 is 0 Å². The lowest BCUT2D eigenvalue weighted by molar-refractivity contribution is -0.122. The van der Waals surface area contributed by atoms with Crippen molar-refractivity contribution >= 4 is 17.3 Å². The van der Waals surface area contributed by atoms with Gasteiger partial charge < -0.3 is 15.8 Å². The summed E-state index contributed by atoms with van der Waals surface area (Å²) in [5.74, 6) is 0.513. The molecule has 0 radical (unpaired) electrons. The first kappa shape index (κ1) is 14.9. The number of carbonyl (C=O) groups excluding carboxylic acids is 1. The Bertz CT molecular complexity index is 608. The zero-order valence-corrected chi connectivity index (χ0v) is 12.3. The summed E-state index contributed by atoms with van der Waals surface area (Å²) < 4.78 is 5.74. The van der Waals surface area contributed by atoms with Gasteiger partial charge in [-0.3, -0.25) is 4.79 Å². The summed E-state index contributed by atoms with van der Waals surface area (Å²) in [5, 5.41) is 2.82. The maximum atomic E-state index is 12.2. The zero-order chi connectivity index (χ0) is 15.2. The second-order valence-corrected chi connectivity index (χ2v) is 4.94. The second-order valence-electron chi connectivity index (χ2n) is 4.94. The molecule has 0 bridgehead atoms. The lowest BCUT2D eigenvalue weighted by Gasteiger charge is -2.17. The SMILES string of the molecule is CC[C@H](Oc1ccc(C)cc1)C(=O)Nc1cccc(N)c1. The molecule has 0 saturated carbocycles. The molecule has 1 atom stereocenters. The fourth-order valence-electron chi connectivity index (χ4n) is 1.94. The molecular weight excluding hydrogens is 264 g/mol. The molecule has 2 aromatic rings. The summed E-state index contributed by atoms with van der Waals surface area (Å²) >= 11 is 0. The maximum Gasteiger partial charge on any atom is 0.265 e. The van der Waals surface area contributed by atoms with Crippen molar-refractivity contribution < 1.29 is 9.53 Å². The monoisotopic (exact) mass is 284 g/mol. The van der Waals surface area contributed by atoms with E-state index < -0.39 is 6.10 Å².